The first-order valence-electron chi connectivity index (χ1n) is 3.77. The van der Waals surface area contributed by atoms with E-state index >= 15 is 0 Å². The maximum Gasteiger partial charge on any atom is 0.0713 e. The lowest BCUT2D eigenvalue weighted by Gasteiger charge is -2.13. The molecule has 58 valence electrons. The van der Waals surface area contributed by atoms with Gasteiger partial charge in [0.05, 0.1) is 6.10 Å². The number of thioether (sulfide) groups is 1. The van der Waals surface area contributed by atoms with E-state index in [4.69, 9.17) is 4.74 Å². The fourth-order valence-electron chi connectivity index (χ4n) is 1.81. The van der Waals surface area contributed by atoms with Crippen LogP contribution in [0.5, 0.6) is 0 Å². The van der Waals surface area contributed by atoms with Gasteiger partial charge in [0.15, 0.2) is 0 Å². The molecule has 0 amide bonds. The van der Waals surface area contributed by atoms with Crippen LogP contribution in [0.3, 0.4) is 0 Å². The molecule has 1 N–H and O–H groups in total. The highest BCUT2D eigenvalue weighted by molar-refractivity contribution is 8.00. The topological polar surface area (TPSA) is 21.3 Å². The average Bonchev–Trinajstić information content (AvgIpc) is 2.44. The van der Waals surface area contributed by atoms with Gasteiger partial charge >= 0.3 is 0 Å². The third-order valence-electron chi connectivity index (χ3n) is 2.46. The van der Waals surface area contributed by atoms with E-state index in [2.05, 4.69) is 17.1 Å². The van der Waals surface area contributed by atoms with Crippen molar-refractivity contribution in [2.45, 2.75) is 11.4 Å². The van der Waals surface area contributed by atoms with Crippen molar-refractivity contribution in [2.24, 2.45) is 5.92 Å². The zero-order valence-electron chi connectivity index (χ0n) is 6.17. The molecule has 2 aliphatic rings. The molecular formula is C7H13NOS. The van der Waals surface area contributed by atoms with Crippen LogP contribution in [0.15, 0.2) is 0 Å². The predicted molar refractivity (Wildman–Crippen MR) is 43.4 cm³/mol. The summed E-state index contributed by atoms with van der Waals surface area (Å²) in [6.45, 7) is 2.35. The Bertz CT molecular complexity index is 131. The van der Waals surface area contributed by atoms with Gasteiger partial charge in [-0.2, -0.15) is 11.8 Å². The fourth-order valence-corrected chi connectivity index (χ4v) is 3.39. The number of ether oxygens (including phenoxy) is 1. The molecule has 2 saturated heterocycles. The average molecular weight is 159 g/mol. The Morgan fingerprint density at radius 3 is 3.20 bits per heavy atom. The van der Waals surface area contributed by atoms with Crippen LogP contribution >= 0.6 is 11.8 Å². The largest absolute Gasteiger partial charge is 0.380 e. The van der Waals surface area contributed by atoms with Crippen molar-refractivity contribution in [3.05, 3.63) is 0 Å². The van der Waals surface area contributed by atoms with E-state index in [-0.39, 0.29) is 0 Å². The lowest BCUT2D eigenvalue weighted by atomic mass is 10.0. The standard InChI is InChI=1S/C7H13NOS/c1-9-6-4-10-7-3-8-2-5(6)7/h5-8H,2-4H2,1H3. The van der Waals surface area contributed by atoms with E-state index in [9.17, 15) is 0 Å². The maximum absolute atomic E-state index is 5.36. The molecule has 0 bridgehead atoms. The van der Waals surface area contributed by atoms with Crippen molar-refractivity contribution in [1.82, 2.24) is 5.32 Å². The Hall–Kier alpha value is 0.270. The molecule has 3 atom stereocenters. The molecule has 0 aliphatic carbocycles. The van der Waals surface area contributed by atoms with E-state index in [1.165, 1.54) is 12.3 Å². The Labute approximate surface area is 65.7 Å². The van der Waals surface area contributed by atoms with Gasteiger partial charge in [0.25, 0.3) is 0 Å². The second-order valence-electron chi connectivity index (χ2n) is 2.97. The summed E-state index contributed by atoms with van der Waals surface area (Å²) in [6, 6.07) is 0. The summed E-state index contributed by atoms with van der Waals surface area (Å²) in [5.41, 5.74) is 0. The van der Waals surface area contributed by atoms with Crippen LogP contribution in [0.4, 0.5) is 0 Å². The summed E-state index contributed by atoms with van der Waals surface area (Å²) >= 11 is 2.06. The van der Waals surface area contributed by atoms with E-state index in [1.807, 2.05) is 7.11 Å². The highest BCUT2D eigenvalue weighted by Crippen LogP contribution is 2.35. The number of rotatable bonds is 1. The number of nitrogens with one attached hydrogen (secondary N) is 1. The SMILES string of the molecule is COC1CSC2CNCC12. The summed E-state index contributed by atoms with van der Waals surface area (Å²) < 4.78 is 5.36. The molecule has 0 aromatic rings. The molecule has 2 heterocycles. The van der Waals surface area contributed by atoms with Gasteiger partial charge in [0.1, 0.15) is 0 Å². The van der Waals surface area contributed by atoms with Gasteiger partial charge in [-0.15, -0.1) is 0 Å². The Balaban J connectivity index is 2.01. The number of hydrogen-bond acceptors (Lipinski definition) is 3. The van der Waals surface area contributed by atoms with E-state index in [0.717, 1.165) is 17.7 Å². The minimum atomic E-state index is 0.519. The van der Waals surface area contributed by atoms with Crippen LogP contribution in [0.1, 0.15) is 0 Å². The first-order valence-corrected chi connectivity index (χ1v) is 4.82. The Morgan fingerprint density at radius 2 is 2.40 bits per heavy atom. The molecule has 3 unspecified atom stereocenters. The molecule has 0 aromatic heterocycles. The monoisotopic (exact) mass is 159 g/mol. The third-order valence-corrected chi connectivity index (χ3v) is 3.92. The fraction of sp³-hybridized carbons (Fsp3) is 1.00. The van der Waals surface area contributed by atoms with Gasteiger partial charge < -0.3 is 10.1 Å². The molecule has 2 fully saturated rings. The minimum absolute atomic E-state index is 0.519. The first kappa shape index (κ1) is 6.95. The van der Waals surface area contributed by atoms with Crippen molar-refractivity contribution >= 4 is 11.8 Å². The van der Waals surface area contributed by atoms with Gasteiger partial charge in [-0.3, -0.25) is 0 Å². The van der Waals surface area contributed by atoms with Crippen molar-refractivity contribution in [1.29, 1.82) is 0 Å². The summed E-state index contributed by atoms with van der Waals surface area (Å²) in [6.07, 6.45) is 0.519. The first-order chi connectivity index (χ1) is 4.92. The number of methoxy groups -OCH3 is 1. The van der Waals surface area contributed by atoms with Gasteiger partial charge in [-0.1, -0.05) is 0 Å². The van der Waals surface area contributed by atoms with Gasteiger partial charge in [-0.05, 0) is 0 Å². The quantitative estimate of drug-likeness (QED) is 0.596. The van der Waals surface area contributed by atoms with E-state index < -0.39 is 0 Å². The molecule has 0 radical (unpaired) electrons. The normalized spacial score (nSPS) is 45.9. The lowest BCUT2D eigenvalue weighted by Crippen LogP contribution is -2.25. The third kappa shape index (κ3) is 0.966. The van der Waals surface area contributed by atoms with Crippen LogP contribution in [-0.4, -0.2) is 37.3 Å². The molecule has 10 heavy (non-hydrogen) atoms. The number of fused-ring (bicyclic) bond motifs is 1. The molecule has 2 aliphatic heterocycles. The summed E-state index contributed by atoms with van der Waals surface area (Å²) in [7, 11) is 1.83. The smallest absolute Gasteiger partial charge is 0.0713 e. The van der Waals surface area contributed by atoms with Crippen molar-refractivity contribution in [3.63, 3.8) is 0 Å². The Kier molecular flexibility index (Phi) is 1.89. The maximum atomic E-state index is 5.36. The van der Waals surface area contributed by atoms with E-state index in [1.54, 1.807) is 0 Å². The highest BCUT2D eigenvalue weighted by atomic mass is 32.2. The second-order valence-corrected chi connectivity index (χ2v) is 4.24. The zero-order chi connectivity index (χ0) is 6.97. The second kappa shape index (κ2) is 2.72. The molecule has 3 heteroatoms. The van der Waals surface area contributed by atoms with Crippen LogP contribution < -0.4 is 5.32 Å². The van der Waals surface area contributed by atoms with Crippen molar-refractivity contribution in [3.8, 4) is 0 Å². The molecule has 0 spiro atoms. The van der Waals surface area contributed by atoms with Crippen molar-refractivity contribution in [2.75, 3.05) is 26.0 Å². The molecule has 0 aromatic carbocycles. The Morgan fingerprint density at radius 1 is 1.50 bits per heavy atom. The van der Waals surface area contributed by atoms with Crippen molar-refractivity contribution < 1.29 is 4.74 Å². The minimum Gasteiger partial charge on any atom is -0.380 e. The van der Waals surface area contributed by atoms with Gasteiger partial charge in [-0.25, -0.2) is 0 Å². The van der Waals surface area contributed by atoms with Gasteiger partial charge in [0.2, 0.25) is 0 Å². The number of hydrogen-bond donors (Lipinski definition) is 1. The predicted octanol–water partition coefficient (Wildman–Crippen LogP) is 0.336. The lowest BCUT2D eigenvalue weighted by molar-refractivity contribution is 0.0864. The van der Waals surface area contributed by atoms with Crippen LogP contribution in [-0.2, 0) is 4.74 Å². The van der Waals surface area contributed by atoms with E-state index in [0.29, 0.717) is 6.10 Å². The molecule has 2 rings (SSSR count). The van der Waals surface area contributed by atoms with Crippen LogP contribution in [0.2, 0.25) is 0 Å². The molecular weight excluding hydrogens is 146 g/mol. The summed E-state index contributed by atoms with van der Waals surface area (Å²) in [4.78, 5) is 0. The van der Waals surface area contributed by atoms with Gasteiger partial charge in [0, 0.05) is 37.1 Å². The summed E-state index contributed by atoms with van der Waals surface area (Å²) in [5.74, 6) is 1.99. The van der Waals surface area contributed by atoms with Crippen LogP contribution in [0.25, 0.3) is 0 Å². The molecule has 2 nitrogen and oxygen atoms in total. The highest BCUT2D eigenvalue weighted by Gasteiger charge is 2.39. The zero-order valence-corrected chi connectivity index (χ0v) is 6.99. The molecule has 0 saturated carbocycles. The summed E-state index contributed by atoms with van der Waals surface area (Å²) in [5, 5.41) is 4.23. The van der Waals surface area contributed by atoms with Crippen LogP contribution in [0, 0.1) is 5.92 Å².